The third-order valence-corrected chi connectivity index (χ3v) is 4.38. The highest BCUT2D eigenvalue weighted by Crippen LogP contribution is 2.42. The summed E-state index contributed by atoms with van der Waals surface area (Å²) in [5.74, 6) is 0.362. The Labute approximate surface area is 118 Å². The van der Waals surface area contributed by atoms with Crippen molar-refractivity contribution in [3.05, 3.63) is 35.9 Å². The summed E-state index contributed by atoms with van der Waals surface area (Å²) in [5, 5.41) is 0. The maximum atomic E-state index is 11.9. The maximum Gasteiger partial charge on any atom is 0.410 e. The van der Waals surface area contributed by atoms with Gasteiger partial charge in [0.2, 0.25) is 0 Å². The van der Waals surface area contributed by atoms with E-state index in [-0.39, 0.29) is 11.5 Å². The molecule has 0 atom stereocenters. The van der Waals surface area contributed by atoms with Crippen LogP contribution in [0, 0.1) is 5.41 Å². The predicted octanol–water partition coefficient (Wildman–Crippen LogP) is 2.77. The Bertz CT molecular complexity index is 494. The predicted molar refractivity (Wildman–Crippen MR) is 74.1 cm³/mol. The summed E-state index contributed by atoms with van der Waals surface area (Å²) in [6.45, 7) is 1.81. The molecule has 0 bridgehead atoms. The Morgan fingerprint density at radius 1 is 1.15 bits per heavy atom. The third kappa shape index (κ3) is 2.69. The minimum absolute atomic E-state index is 0.194. The molecule has 0 unspecified atom stereocenters. The fourth-order valence-electron chi connectivity index (χ4n) is 3.08. The van der Waals surface area contributed by atoms with Crippen molar-refractivity contribution in [3.63, 3.8) is 0 Å². The van der Waals surface area contributed by atoms with Gasteiger partial charge in [-0.25, -0.2) is 4.79 Å². The average Bonchev–Trinajstić information content (AvgIpc) is 2.45. The summed E-state index contributed by atoms with van der Waals surface area (Å²) in [4.78, 5) is 24.9. The number of amides is 1. The summed E-state index contributed by atoms with van der Waals surface area (Å²) in [7, 11) is 0. The van der Waals surface area contributed by atoms with Gasteiger partial charge in [-0.15, -0.1) is 0 Å². The first kappa shape index (κ1) is 13.2. The quantitative estimate of drug-likeness (QED) is 0.832. The highest BCUT2D eigenvalue weighted by molar-refractivity contribution is 5.79. The molecule has 0 N–H and O–H groups in total. The maximum absolute atomic E-state index is 11.9. The Morgan fingerprint density at radius 2 is 1.80 bits per heavy atom. The second-order valence-electron chi connectivity index (χ2n) is 5.93. The highest BCUT2D eigenvalue weighted by atomic mass is 16.6. The van der Waals surface area contributed by atoms with E-state index in [1.54, 1.807) is 4.90 Å². The average molecular weight is 273 g/mol. The van der Waals surface area contributed by atoms with Gasteiger partial charge in [-0.3, -0.25) is 4.79 Å². The van der Waals surface area contributed by atoms with Crippen molar-refractivity contribution in [2.45, 2.75) is 32.3 Å². The van der Waals surface area contributed by atoms with Gasteiger partial charge in [0.25, 0.3) is 0 Å². The van der Waals surface area contributed by atoms with Gasteiger partial charge in [0, 0.05) is 31.3 Å². The number of benzene rings is 1. The Hall–Kier alpha value is -1.84. The van der Waals surface area contributed by atoms with E-state index >= 15 is 0 Å². The molecule has 2 aliphatic rings. The van der Waals surface area contributed by atoms with Crippen molar-refractivity contribution in [3.8, 4) is 0 Å². The molecule has 1 saturated carbocycles. The molecule has 1 aliphatic heterocycles. The molecular formula is C16H19NO3. The van der Waals surface area contributed by atoms with Crippen LogP contribution in [-0.2, 0) is 16.1 Å². The molecule has 3 rings (SSSR count). The van der Waals surface area contributed by atoms with Crippen molar-refractivity contribution < 1.29 is 14.3 Å². The van der Waals surface area contributed by atoms with Crippen LogP contribution in [0.4, 0.5) is 4.79 Å². The van der Waals surface area contributed by atoms with Gasteiger partial charge >= 0.3 is 6.09 Å². The molecule has 0 radical (unpaired) electrons. The zero-order valence-electron chi connectivity index (χ0n) is 11.5. The van der Waals surface area contributed by atoms with E-state index in [4.69, 9.17) is 4.74 Å². The number of carbonyl (C=O) groups excluding carboxylic acids is 2. The van der Waals surface area contributed by atoms with E-state index in [0.717, 1.165) is 31.5 Å². The molecular weight excluding hydrogens is 254 g/mol. The number of nitrogens with zero attached hydrogens (tertiary/aromatic N) is 1. The summed E-state index contributed by atoms with van der Waals surface area (Å²) in [6, 6.07) is 9.69. The van der Waals surface area contributed by atoms with Crippen molar-refractivity contribution in [1.82, 2.24) is 4.90 Å². The lowest BCUT2D eigenvalue weighted by Gasteiger charge is -2.51. The first-order valence-electron chi connectivity index (χ1n) is 7.14. The standard InChI is InChI=1S/C16H19NO3/c18-14-6-8-16(9-7-14)11-17(12-16)15(19)20-10-13-4-2-1-3-5-13/h1-5H,6-12H2. The van der Waals surface area contributed by atoms with E-state index < -0.39 is 0 Å². The number of ether oxygens (including phenoxy) is 1. The topological polar surface area (TPSA) is 46.6 Å². The van der Waals surface area contributed by atoms with Crippen LogP contribution in [0.1, 0.15) is 31.2 Å². The van der Waals surface area contributed by atoms with Gasteiger partial charge in [0.05, 0.1) is 0 Å². The number of carbonyl (C=O) groups is 2. The van der Waals surface area contributed by atoms with Crippen molar-refractivity contribution in [2.24, 2.45) is 5.41 Å². The molecule has 1 spiro atoms. The van der Waals surface area contributed by atoms with Gasteiger partial charge in [0.1, 0.15) is 12.4 Å². The third-order valence-electron chi connectivity index (χ3n) is 4.38. The molecule has 2 fully saturated rings. The molecule has 20 heavy (non-hydrogen) atoms. The Morgan fingerprint density at radius 3 is 2.45 bits per heavy atom. The number of hydrogen-bond acceptors (Lipinski definition) is 3. The van der Waals surface area contributed by atoms with Crippen molar-refractivity contribution in [1.29, 1.82) is 0 Å². The molecule has 1 amide bonds. The lowest BCUT2D eigenvalue weighted by Crippen LogP contribution is -2.59. The number of hydrogen-bond donors (Lipinski definition) is 0. The summed E-state index contributed by atoms with van der Waals surface area (Å²) >= 11 is 0. The van der Waals surface area contributed by atoms with E-state index in [9.17, 15) is 9.59 Å². The summed E-state index contributed by atoms with van der Waals surface area (Å²) in [5.41, 5.74) is 1.19. The van der Waals surface area contributed by atoms with Gasteiger partial charge < -0.3 is 9.64 Å². The van der Waals surface area contributed by atoms with Crippen molar-refractivity contribution >= 4 is 11.9 Å². The molecule has 1 heterocycles. The molecule has 1 aromatic rings. The zero-order chi connectivity index (χ0) is 14.0. The molecule has 1 aromatic carbocycles. The lowest BCUT2D eigenvalue weighted by molar-refractivity contribution is -0.125. The van der Waals surface area contributed by atoms with E-state index in [1.165, 1.54) is 0 Å². The number of Topliss-reactive ketones (excluding diaryl/α,β-unsaturated/α-hetero) is 1. The monoisotopic (exact) mass is 273 g/mol. The van der Waals surface area contributed by atoms with Crippen LogP contribution in [-0.4, -0.2) is 29.9 Å². The molecule has 0 aromatic heterocycles. The fraction of sp³-hybridized carbons (Fsp3) is 0.500. The van der Waals surface area contributed by atoms with Gasteiger partial charge in [-0.1, -0.05) is 30.3 Å². The van der Waals surface area contributed by atoms with Crippen LogP contribution in [0.2, 0.25) is 0 Å². The molecule has 4 nitrogen and oxygen atoms in total. The van der Waals surface area contributed by atoms with Crippen LogP contribution in [0.15, 0.2) is 30.3 Å². The molecule has 106 valence electrons. The molecule has 1 aliphatic carbocycles. The minimum Gasteiger partial charge on any atom is -0.445 e. The van der Waals surface area contributed by atoms with Crippen LogP contribution in [0.3, 0.4) is 0 Å². The normalized spacial score (nSPS) is 20.6. The minimum atomic E-state index is -0.239. The fourth-order valence-corrected chi connectivity index (χ4v) is 3.08. The first-order chi connectivity index (χ1) is 9.67. The van der Waals surface area contributed by atoms with E-state index in [0.29, 0.717) is 25.2 Å². The Balaban J connectivity index is 1.45. The van der Waals surface area contributed by atoms with Gasteiger partial charge in [0.15, 0.2) is 0 Å². The molecule has 1 saturated heterocycles. The zero-order valence-corrected chi connectivity index (χ0v) is 11.5. The van der Waals surface area contributed by atoms with Gasteiger partial charge in [-0.2, -0.15) is 0 Å². The van der Waals surface area contributed by atoms with Gasteiger partial charge in [-0.05, 0) is 18.4 Å². The van der Waals surface area contributed by atoms with Crippen molar-refractivity contribution in [2.75, 3.05) is 13.1 Å². The number of likely N-dealkylation sites (tertiary alicyclic amines) is 1. The van der Waals surface area contributed by atoms with Crippen LogP contribution < -0.4 is 0 Å². The van der Waals surface area contributed by atoms with E-state index in [1.807, 2.05) is 30.3 Å². The summed E-state index contributed by atoms with van der Waals surface area (Å²) in [6.07, 6.45) is 2.96. The Kier molecular flexibility index (Phi) is 3.47. The largest absolute Gasteiger partial charge is 0.445 e. The van der Waals surface area contributed by atoms with Crippen LogP contribution in [0.25, 0.3) is 0 Å². The molecule has 4 heteroatoms. The second-order valence-corrected chi connectivity index (χ2v) is 5.93. The summed E-state index contributed by atoms with van der Waals surface area (Å²) < 4.78 is 5.31. The van der Waals surface area contributed by atoms with E-state index in [2.05, 4.69) is 0 Å². The first-order valence-corrected chi connectivity index (χ1v) is 7.14. The van der Waals surface area contributed by atoms with Crippen LogP contribution in [0.5, 0.6) is 0 Å². The smallest absolute Gasteiger partial charge is 0.410 e. The van der Waals surface area contributed by atoms with Crippen LogP contribution >= 0.6 is 0 Å². The lowest BCUT2D eigenvalue weighted by atomic mass is 9.68. The highest BCUT2D eigenvalue weighted by Gasteiger charge is 2.47. The number of rotatable bonds is 2. The SMILES string of the molecule is O=C1CCC2(CC1)CN(C(=O)OCc1ccccc1)C2. The number of ketones is 1. The second kappa shape index (κ2) is 5.27.